The van der Waals surface area contributed by atoms with Crippen molar-refractivity contribution < 1.29 is 0 Å². The van der Waals surface area contributed by atoms with E-state index in [1.165, 1.54) is 11.8 Å². The maximum Gasteiger partial charge on any atom is 0.183 e. The zero-order chi connectivity index (χ0) is 15.5. The molecule has 0 aromatic carbocycles. The van der Waals surface area contributed by atoms with E-state index >= 15 is 0 Å². The van der Waals surface area contributed by atoms with Gasteiger partial charge in [0.05, 0.1) is 17.9 Å². The number of nitriles is 1. The van der Waals surface area contributed by atoms with Crippen molar-refractivity contribution in [3.05, 3.63) is 29.6 Å². The van der Waals surface area contributed by atoms with Gasteiger partial charge in [-0.05, 0) is 32.5 Å². The molecule has 0 aliphatic rings. The van der Waals surface area contributed by atoms with Gasteiger partial charge in [-0.1, -0.05) is 17.8 Å². The summed E-state index contributed by atoms with van der Waals surface area (Å²) >= 11 is 3.25. The smallest absolute Gasteiger partial charge is 0.183 e. The first kappa shape index (κ1) is 17.8. The number of aromatic nitrogens is 1. The molecule has 0 saturated heterocycles. The lowest BCUT2D eigenvalue weighted by Crippen LogP contribution is -2.14. The van der Waals surface area contributed by atoms with Gasteiger partial charge >= 0.3 is 0 Å². The van der Waals surface area contributed by atoms with Gasteiger partial charge in [0.1, 0.15) is 0 Å². The standard InChI is InChI=1S/C14H21N5S2/c1-19(2)9-12-5-4-6-13(18-12)10-21-8-7-16-14(20-3)17-11-15/h4-6H,7-10H2,1-3H3,(H,16,17). The van der Waals surface area contributed by atoms with E-state index in [-0.39, 0.29) is 0 Å². The van der Waals surface area contributed by atoms with Crippen molar-refractivity contribution in [1.29, 1.82) is 5.26 Å². The average molecular weight is 323 g/mol. The minimum atomic E-state index is 0.671. The quantitative estimate of drug-likeness (QED) is 0.273. The van der Waals surface area contributed by atoms with Crippen LogP contribution < -0.4 is 5.32 Å². The van der Waals surface area contributed by atoms with Crippen LogP contribution in [0, 0.1) is 11.5 Å². The van der Waals surface area contributed by atoms with Crippen LogP contribution in [-0.4, -0.2) is 47.7 Å². The van der Waals surface area contributed by atoms with Crippen molar-refractivity contribution >= 4 is 28.7 Å². The molecule has 0 aliphatic heterocycles. The van der Waals surface area contributed by atoms with E-state index in [4.69, 9.17) is 5.26 Å². The number of amidine groups is 1. The fraction of sp³-hybridized carbons (Fsp3) is 0.500. The SMILES string of the molecule is CSC(=NCCSCc1cccc(CN(C)C)n1)NC#N. The molecule has 21 heavy (non-hydrogen) atoms. The summed E-state index contributed by atoms with van der Waals surface area (Å²) in [6.07, 6.45) is 3.78. The first-order chi connectivity index (χ1) is 10.2. The third-order valence-corrected chi connectivity index (χ3v) is 4.03. The Bertz CT molecular complexity index is 496. The molecule has 0 atom stereocenters. The van der Waals surface area contributed by atoms with Gasteiger partial charge in [0.25, 0.3) is 0 Å². The zero-order valence-electron chi connectivity index (χ0n) is 12.7. The van der Waals surface area contributed by atoms with E-state index in [0.29, 0.717) is 11.7 Å². The highest BCUT2D eigenvalue weighted by Gasteiger charge is 2.00. The van der Waals surface area contributed by atoms with Crippen LogP contribution in [0.2, 0.25) is 0 Å². The number of nitrogens with zero attached hydrogens (tertiary/aromatic N) is 4. The molecule has 0 aliphatic carbocycles. The van der Waals surface area contributed by atoms with Crippen molar-refractivity contribution in [3.8, 4) is 6.19 Å². The number of nitrogens with one attached hydrogen (secondary N) is 1. The Labute approximate surface area is 135 Å². The van der Waals surface area contributed by atoms with Crippen LogP contribution in [0.1, 0.15) is 11.4 Å². The summed E-state index contributed by atoms with van der Waals surface area (Å²) in [6.45, 7) is 1.56. The van der Waals surface area contributed by atoms with E-state index in [1.807, 2.05) is 26.5 Å². The van der Waals surface area contributed by atoms with Crippen LogP contribution in [-0.2, 0) is 12.3 Å². The summed E-state index contributed by atoms with van der Waals surface area (Å²) in [5.41, 5.74) is 2.20. The third kappa shape index (κ3) is 7.95. The van der Waals surface area contributed by atoms with Crippen LogP contribution >= 0.6 is 23.5 Å². The van der Waals surface area contributed by atoms with Gasteiger partial charge in [0, 0.05) is 18.1 Å². The second-order valence-corrected chi connectivity index (χ2v) is 6.44. The summed E-state index contributed by atoms with van der Waals surface area (Å²) in [6, 6.07) is 6.17. The highest BCUT2D eigenvalue weighted by atomic mass is 32.2. The average Bonchev–Trinajstić information content (AvgIpc) is 2.45. The third-order valence-electron chi connectivity index (χ3n) is 2.44. The van der Waals surface area contributed by atoms with E-state index in [1.54, 1.807) is 11.8 Å². The van der Waals surface area contributed by atoms with Crippen LogP contribution in [0.15, 0.2) is 23.2 Å². The molecule has 5 nitrogen and oxygen atoms in total. The highest BCUT2D eigenvalue weighted by Crippen LogP contribution is 2.11. The Morgan fingerprint density at radius 2 is 2.19 bits per heavy atom. The molecule has 114 valence electrons. The molecule has 1 heterocycles. The van der Waals surface area contributed by atoms with Crippen LogP contribution in [0.4, 0.5) is 0 Å². The normalized spacial score (nSPS) is 11.5. The fourth-order valence-corrected chi connectivity index (χ4v) is 2.72. The Hall–Kier alpha value is -1.23. The first-order valence-electron chi connectivity index (χ1n) is 6.56. The highest BCUT2D eigenvalue weighted by molar-refractivity contribution is 8.13. The molecule has 0 amide bonds. The molecule has 0 spiro atoms. The molecule has 0 saturated carbocycles. The molecule has 0 radical (unpaired) electrons. The van der Waals surface area contributed by atoms with Crippen LogP contribution in [0.5, 0.6) is 0 Å². The molecular weight excluding hydrogens is 302 g/mol. The molecular formula is C14H21N5S2. The lowest BCUT2D eigenvalue weighted by atomic mass is 10.3. The molecule has 0 bridgehead atoms. The number of thioether (sulfide) groups is 2. The van der Waals surface area contributed by atoms with Crippen LogP contribution in [0.25, 0.3) is 0 Å². The van der Waals surface area contributed by atoms with Crippen LogP contribution in [0.3, 0.4) is 0 Å². The number of hydrogen-bond donors (Lipinski definition) is 1. The lowest BCUT2D eigenvalue weighted by molar-refractivity contribution is 0.396. The number of pyridine rings is 1. The van der Waals surface area contributed by atoms with E-state index in [9.17, 15) is 0 Å². The van der Waals surface area contributed by atoms with Gasteiger partial charge in [-0.15, -0.1) is 0 Å². The minimum absolute atomic E-state index is 0.671. The van der Waals surface area contributed by atoms with Gasteiger partial charge in [-0.25, -0.2) is 0 Å². The second-order valence-electron chi connectivity index (χ2n) is 4.54. The molecule has 1 rings (SSSR count). The fourth-order valence-electron chi connectivity index (χ4n) is 1.61. The number of hydrogen-bond acceptors (Lipinski definition) is 6. The maximum atomic E-state index is 8.54. The summed E-state index contributed by atoms with van der Waals surface area (Å²) < 4.78 is 0. The Kier molecular flexibility index (Phi) is 8.90. The second kappa shape index (κ2) is 10.5. The summed E-state index contributed by atoms with van der Waals surface area (Å²) in [7, 11) is 4.08. The minimum Gasteiger partial charge on any atom is -0.304 e. The lowest BCUT2D eigenvalue weighted by Gasteiger charge is -2.09. The van der Waals surface area contributed by atoms with Crippen molar-refractivity contribution in [2.75, 3.05) is 32.6 Å². The Morgan fingerprint density at radius 3 is 2.86 bits per heavy atom. The topological polar surface area (TPSA) is 64.3 Å². The van der Waals surface area contributed by atoms with Crippen molar-refractivity contribution in [1.82, 2.24) is 15.2 Å². The summed E-state index contributed by atoms with van der Waals surface area (Å²) in [5.74, 6) is 1.80. The van der Waals surface area contributed by atoms with Gasteiger partial charge in [-0.2, -0.15) is 17.0 Å². The molecule has 1 N–H and O–H groups in total. The van der Waals surface area contributed by atoms with Gasteiger partial charge in [0.2, 0.25) is 0 Å². The summed E-state index contributed by atoms with van der Waals surface area (Å²) in [4.78, 5) is 11.1. The summed E-state index contributed by atoms with van der Waals surface area (Å²) in [5, 5.41) is 11.8. The van der Waals surface area contributed by atoms with Crippen molar-refractivity contribution in [2.45, 2.75) is 12.3 Å². The van der Waals surface area contributed by atoms with E-state index in [2.05, 4.69) is 38.4 Å². The maximum absolute atomic E-state index is 8.54. The Morgan fingerprint density at radius 1 is 1.43 bits per heavy atom. The largest absolute Gasteiger partial charge is 0.304 e. The van der Waals surface area contributed by atoms with Crippen molar-refractivity contribution in [2.24, 2.45) is 4.99 Å². The number of aliphatic imine (C=N–C) groups is 1. The van der Waals surface area contributed by atoms with Gasteiger partial charge in [-0.3, -0.25) is 15.3 Å². The van der Waals surface area contributed by atoms with Gasteiger partial charge in [0.15, 0.2) is 11.4 Å². The molecule has 1 aromatic rings. The predicted octanol–water partition coefficient (Wildman–Crippen LogP) is 2.17. The molecule has 7 heteroatoms. The monoisotopic (exact) mass is 323 g/mol. The molecule has 0 fully saturated rings. The molecule has 1 aromatic heterocycles. The van der Waals surface area contributed by atoms with Gasteiger partial charge < -0.3 is 4.90 Å². The zero-order valence-corrected chi connectivity index (χ0v) is 14.3. The van der Waals surface area contributed by atoms with E-state index < -0.39 is 0 Å². The first-order valence-corrected chi connectivity index (χ1v) is 8.94. The Balaban J connectivity index is 2.34. The van der Waals surface area contributed by atoms with E-state index in [0.717, 1.165) is 29.4 Å². The number of rotatable bonds is 7. The predicted molar refractivity (Wildman–Crippen MR) is 92.4 cm³/mol. The molecule has 0 unspecified atom stereocenters. The van der Waals surface area contributed by atoms with Crippen molar-refractivity contribution in [3.63, 3.8) is 0 Å².